The van der Waals surface area contributed by atoms with Crippen LogP contribution in [-0.4, -0.2) is 164 Å². The maximum Gasteiger partial charge on any atom is 0.501 e. The van der Waals surface area contributed by atoms with Gasteiger partial charge in [-0.25, -0.2) is 0 Å². The number of aliphatic hydroxyl groups excluding tert-OH is 2. The molecule has 4 rings (SSSR count). The smallest absolute Gasteiger partial charge is 0.390 e. The van der Waals surface area contributed by atoms with Crippen molar-refractivity contribution in [1.82, 2.24) is 0 Å². The zero-order chi connectivity index (χ0) is 31.5. The van der Waals surface area contributed by atoms with Crippen LogP contribution in [0.1, 0.15) is 25.7 Å². The Morgan fingerprint density at radius 2 is 0.956 bits per heavy atom. The van der Waals surface area contributed by atoms with E-state index in [9.17, 15) is 10.2 Å². The van der Waals surface area contributed by atoms with E-state index in [1.54, 1.807) is 23.5 Å². The third-order valence-electron chi connectivity index (χ3n) is 7.33. The second kappa shape index (κ2) is 23.0. The summed E-state index contributed by atoms with van der Waals surface area (Å²) in [6.45, 7) is 6.27. The van der Waals surface area contributed by atoms with Crippen LogP contribution in [0.4, 0.5) is 0 Å². The lowest BCUT2D eigenvalue weighted by Crippen LogP contribution is -2.38. The summed E-state index contributed by atoms with van der Waals surface area (Å²) in [6.07, 6.45) is 3.40. The van der Waals surface area contributed by atoms with Crippen LogP contribution in [-0.2, 0) is 40.8 Å². The molecule has 4 saturated heterocycles. The Kier molecular flexibility index (Phi) is 20.0. The Morgan fingerprint density at radius 3 is 1.36 bits per heavy atom. The number of hydrogen-bond donors (Lipinski definition) is 2. The van der Waals surface area contributed by atoms with Gasteiger partial charge in [0.25, 0.3) is 0 Å². The highest BCUT2D eigenvalue weighted by molar-refractivity contribution is 8.00. The summed E-state index contributed by atoms with van der Waals surface area (Å²) in [5, 5.41) is 20.2. The molecule has 0 aromatic carbocycles. The average molecular weight is 751 g/mol. The molecule has 11 nitrogen and oxygen atoms in total. The second-order valence-electron chi connectivity index (χ2n) is 11.4. The first-order valence-electron chi connectivity index (χ1n) is 16.4. The molecule has 4 fully saturated rings. The van der Waals surface area contributed by atoms with Gasteiger partial charge in [0.15, 0.2) is 0 Å². The van der Waals surface area contributed by atoms with E-state index in [2.05, 4.69) is 0 Å². The maximum atomic E-state index is 10.1. The van der Waals surface area contributed by atoms with Gasteiger partial charge in [0.1, 0.15) is 0 Å². The Morgan fingerprint density at radius 1 is 0.533 bits per heavy atom. The van der Waals surface area contributed by atoms with Gasteiger partial charge >= 0.3 is 17.6 Å². The van der Waals surface area contributed by atoms with Crippen molar-refractivity contribution in [2.24, 2.45) is 0 Å². The van der Waals surface area contributed by atoms with Crippen molar-refractivity contribution in [3.63, 3.8) is 0 Å². The fraction of sp³-hybridized carbons (Fsp3) is 1.00. The van der Waals surface area contributed by atoms with Crippen molar-refractivity contribution >= 4 is 64.7 Å². The monoisotopic (exact) mass is 750 g/mol. The van der Waals surface area contributed by atoms with Gasteiger partial charge in [-0.15, -0.1) is 0 Å². The standard InChI is InChI=1S/C28H54O11S4Si2/c29-25(17-32-5-1-15-44-34-19-27(38-44)20-35-44)23-42-11-3-9-40-13-7-31-8-14-41-10-4-12-43-24-26(30)18-33-6-2-16-45-36-21-28(39-45)22-37-45/h25-30H,1-24H2. The predicted molar refractivity (Wildman–Crippen MR) is 187 cm³/mol. The van der Waals surface area contributed by atoms with Gasteiger partial charge in [-0.05, 0) is 48.7 Å². The largest absolute Gasteiger partial charge is 0.501 e. The van der Waals surface area contributed by atoms with Gasteiger partial charge in [-0.3, -0.25) is 0 Å². The van der Waals surface area contributed by atoms with E-state index in [1.807, 2.05) is 23.5 Å². The Balaban J connectivity index is 0.788. The van der Waals surface area contributed by atoms with Crippen molar-refractivity contribution in [3.8, 4) is 0 Å². The minimum atomic E-state index is -2.35. The number of rotatable bonds is 30. The summed E-state index contributed by atoms with van der Waals surface area (Å²) < 4.78 is 51.5. The minimum absolute atomic E-state index is 0.145. The summed E-state index contributed by atoms with van der Waals surface area (Å²) in [6, 6.07) is 1.60. The van der Waals surface area contributed by atoms with Gasteiger partial charge in [0.2, 0.25) is 0 Å². The fourth-order valence-corrected chi connectivity index (χ4v) is 14.2. The lowest BCUT2D eigenvalue weighted by Gasteiger charge is -2.19. The van der Waals surface area contributed by atoms with Crippen LogP contribution in [0.5, 0.6) is 0 Å². The number of aliphatic hydroxyl groups is 2. The molecule has 2 atom stereocenters. The molecule has 4 aliphatic heterocycles. The Hall–Kier alpha value is 1.39. The number of ether oxygens (including phenoxy) is 3. The van der Waals surface area contributed by atoms with Gasteiger partial charge in [0, 0.05) is 48.3 Å². The number of thioether (sulfide) groups is 4. The molecule has 0 aromatic rings. The first-order chi connectivity index (χ1) is 22.1. The average Bonchev–Trinajstić information content (AvgIpc) is 3.84. The summed E-state index contributed by atoms with van der Waals surface area (Å²) >= 11 is 7.45. The van der Waals surface area contributed by atoms with Gasteiger partial charge in [0.05, 0.1) is 77.3 Å². The maximum absolute atomic E-state index is 10.1. The van der Waals surface area contributed by atoms with Crippen molar-refractivity contribution in [2.75, 3.05) is 112 Å². The summed E-state index contributed by atoms with van der Waals surface area (Å²) in [4.78, 5) is 0. The van der Waals surface area contributed by atoms with Crippen LogP contribution in [0.25, 0.3) is 0 Å². The summed E-state index contributed by atoms with van der Waals surface area (Å²) in [5.74, 6) is 7.83. The highest BCUT2D eigenvalue weighted by Crippen LogP contribution is 2.33. The van der Waals surface area contributed by atoms with Crippen LogP contribution in [0.15, 0.2) is 0 Å². The highest BCUT2D eigenvalue weighted by Gasteiger charge is 2.55. The van der Waals surface area contributed by atoms with E-state index < -0.39 is 29.8 Å². The third-order valence-corrected chi connectivity index (χ3v) is 17.5. The molecule has 45 heavy (non-hydrogen) atoms. The van der Waals surface area contributed by atoms with Crippen LogP contribution in [0, 0.1) is 0 Å². The number of hydrogen-bond acceptors (Lipinski definition) is 15. The van der Waals surface area contributed by atoms with Crippen LogP contribution in [0.2, 0.25) is 12.1 Å². The first-order valence-corrected chi connectivity index (χ1v) is 24.9. The molecule has 0 saturated carbocycles. The molecule has 2 N–H and O–H groups in total. The van der Waals surface area contributed by atoms with Crippen LogP contribution >= 0.6 is 47.0 Å². The molecule has 4 heterocycles. The zero-order valence-corrected chi connectivity index (χ0v) is 31.7. The van der Waals surface area contributed by atoms with Crippen LogP contribution in [0.3, 0.4) is 0 Å². The van der Waals surface area contributed by atoms with Crippen molar-refractivity contribution < 1.29 is 51.0 Å². The summed E-state index contributed by atoms with van der Waals surface area (Å²) in [5.41, 5.74) is 0. The quantitative estimate of drug-likeness (QED) is 0.0826. The minimum Gasteiger partial charge on any atom is -0.390 e. The summed E-state index contributed by atoms with van der Waals surface area (Å²) in [7, 11) is -4.70. The van der Waals surface area contributed by atoms with Gasteiger partial charge in [-0.2, -0.15) is 47.0 Å². The molecule has 0 amide bonds. The molecule has 4 bridgehead atoms. The lowest BCUT2D eigenvalue weighted by molar-refractivity contribution is 0.0474. The predicted octanol–water partition coefficient (Wildman–Crippen LogP) is 3.02. The lowest BCUT2D eigenvalue weighted by atomic mass is 10.4. The molecule has 0 radical (unpaired) electrons. The normalized spacial score (nSPS) is 28.4. The second-order valence-corrected chi connectivity index (χ2v) is 21.6. The molecule has 264 valence electrons. The van der Waals surface area contributed by atoms with E-state index in [4.69, 9.17) is 40.8 Å². The molecular weight excluding hydrogens is 697 g/mol. The van der Waals surface area contributed by atoms with Crippen LogP contribution < -0.4 is 0 Å². The van der Waals surface area contributed by atoms with Crippen molar-refractivity contribution in [2.45, 2.75) is 62.2 Å². The van der Waals surface area contributed by atoms with E-state index >= 15 is 0 Å². The van der Waals surface area contributed by atoms with E-state index in [0.29, 0.717) is 64.4 Å². The highest BCUT2D eigenvalue weighted by atomic mass is 32.2. The SMILES string of the molecule is OC(COCCC[Si]12OCC(CO1)O2)CSCCCSCCOCCSCCCSCC(O)COCCC[Si]12OCC(CO1)O2. The molecule has 2 unspecified atom stereocenters. The molecule has 0 aromatic heterocycles. The first kappa shape index (κ1) is 39.2. The van der Waals surface area contributed by atoms with E-state index in [1.165, 1.54) is 0 Å². The van der Waals surface area contributed by atoms with Crippen molar-refractivity contribution in [3.05, 3.63) is 0 Å². The molecule has 4 aliphatic rings. The zero-order valence-electron chi connectivity index (χ0n) is 26.5. The Labute approximate surface area is 288 Å². The molecule has 0 aliphatic carbocycles. The van der Waals surface area contributed by atoms with Gasteiger partial charge in [-0.1, -0.05) is 0 Å². The topological polar surface area (TPSA) is 124 Å². The molecular formula is C28H54O11S4Si2. The fourth-order valence-electron chi connectivity index (χ4n) is 5.07. The third kappa shape index (κ3) is 15.9. The molecule has 0 spiro atoms. The van der Waals surface area contributed by atoms with Crippen molar-refractivity contribution in [1.29, 1.82) is 0 Å². The Bertz CT molecular complexity index is 708. The van der Waals surface area contributed by atoms with Gasteiger partial charge < -0.3 is 51.0 Å². The molecule has 17 heteroatoms. The number of fused-ring (bicyclic) bond motifs is 4. The van der Waals surface area contributed by atoms with E-state index in [0.717, 1.165) is 85.5 Å². The van der Waals surface area contributed by atoms with E-state index in [-0.39, 0.29) is 12.2 Å².